The first-order chi connectivity index (χ1) is 17.6. The minimum absolute atomic E-state index is 0.126. The number of ether oxygens (including phenoxy) is 8. The van der Waals surface area contributed by atoms with Crippen LogP contribution in [0, 0.1) is 0 Å². The fourth-order valence-corrected chi connectivity index (χ4v) is 2.28. The maximum absolute atomic E-state index is 10.7. The predicted octanol–water partition coefficient (Wildman–Crippen LogP) is 0.892. The predicted molar refractivity (Wildman–Crippen MR) is 137 cm³/mol. The smallest absolute Gasteiger partial charge is 0.132 e. The number of nitrogens with two attached hydrogens (primary N) is 1. The zero-order valence-corrected chi connectivity index (χ0v) is 22.3. The summed E-state index contributed by atoms with van der Waals surface area (Å²) in [6, 6.07) is 0.190. The van der Waals surface area contributed by atoms with Crippen LogP contribution in [0.5, 0.6) is 0 Å². The third-order valence-electron chi connectivity index (χ3n) is 4.14. The van der Waals surface area contributed by atoms with Gasteiger partial charge < -0.3 is 43.7 Å². The molecule has 0 unspecified atom stereocenters. The van der Waals surface area contributed by atoms with Gasteiger partial charge in [-0.3, -0.25) is 9.79 Å². The first-order valence-electron chi connectivity index (χ1n) is 12.5. The van der Waals surface area contributed by atoms with E-state index in [0.29, 0.717) is 118 Å². The van der Waals surface area contributed by atoms with Gasteiger partial charge in [-0.15, -0.1) is 0 Å². The first-order valence-corrected chi connectivity index (χ1v) is 12.5. The molecular formula is C24H47N3O9. The lowest BCUT2D eigenvalue weighted by Gasteiger charge is -2.08. The Labute approximate surface area is 215 Å². The van der Waals surface area contributed by atoms with Crippen molar-refractivity contribution in [2.45, 2.75) is 33.2 Å². The number of aliphatic imine (C=N–C) groups is 1. The van der Waals surface area contributed by atoms with E-state index in [1.807, 2.05) is 13.8 Å². The van der Waals surface area contributed by atoms with Gasteiger partial charge in [0.25, 0.3) is 0 Å². The van der Waals surface area contributed by atoms with Crippen molar-refractivity contribution >= 4 is 17.7 Å². The second-order valence-electron chi connectivity index (χ2n) is 7.78. The normalized spacial score (nSPS) is 12.3. The second-order valence-corrected chi connectivity index (χ2v) is 7.78. The van der Waals surface area contributed by atoms with Crippen molar-refractivity contribution in [2.75, 3.05) is 106 Å². The van der Waals surface area contributed by atoms with Crippen LogP contribution in [0.25, 0.3) is 0 Å². The van der Waals surface area contributed by atoms with E-state index in [2.05, 4.69) is 10.1 Å². The van der Waals surface area contributed by atoms with Gasteiger partial charge in [0.15, 0.2) is 0 Å². The van der Waals surface area contributed by atoms with Gasteiger partial charge in [-0.1, -0.05) is 0 Å². The van der Waals surface area contributed by atoms with E-state index in [4.69, 9.17) is 43.7 Å². The molecule has 0 aromatic carbocycles. The molecule has 0 aliphatic heterocycles. The molecule has 0 aliphatic carbocycles. The van der Waals surface area contributed by atoms with Crippen molar-refractivity contribution < 1.29 is 42.7 Å². The highest BCUT2D eigenvalue weighted by atomic mass is 16.6. The van der Waals surface area contributed by atoms with Gasteiger partial charge in [0.05, 0.1) is 106 Å². The van der Waals surface area contributed by atoms with Crippen LogP contribution in [0.15, 0.2) is 10.1 Å². The van der Waals surface area contributed by atoms with Gasteiger partial charge in [-0.2, -0.15) is 5.10 Å². The number of hydrogen-bond donors (Lipinski definition) is 1. The monoisotopic (exact) mass is 521 g/mol. The molecular weight excluding hydrogens is 474 g/mol. The Morgan fingerprint density at radius 1 is 0.639 bits per heavy atom. The number of ketones is 1. The molecule has 0 aromatic heterocycles. The van der Waals surface area contributed by atoms with Crippen LogP contribution in [-0.2, 0) is 42.7 Å². The van der Waals surface area contributed by atoms with Crippen molar-refractivity contribution in [2.24, 2.45) is 15.9 Å². The van der Waals surface area contributed by atoms with Crippen LogP contribution in [0.4, 0.5) is 0 Å². The summed E-state index contributed by atoms with van der Waals surface area (Å²) in [7, 11) is 0. The van der Waals surface area contributed by atoms with Gasteiger partial charge in [0.2, 0.25) is 0 Å². The molecule has 36 heavy (non-hydrogen) atoms. The Morgan fingerprint density at radius 2 is 0.972 bits per heavy atom. The highest BCUT2D eigenvalue weighted by molar-refractivity contribution is 6.31. The Hall–Kier alpha value is -1.51. The minimum atomic E-state index is 0.126. The third-order valence-corrected chi connectivity index (χ3v) is 4.14. The number of carbonyl (C=O) groups excluding carboxylic acids is 1. The molecule has 0 saturated heterocycles. The van der Waals surface area contributed by atoms with E-state index >= 15 is 0 Å². The number of carbonyl (C=O) groups is 1. The Bertz CT molecular complexity index is 549. The molecule has 0 aromatic rings. The summed E-state index contributed by atoms with van der Waals surface area (Å²) in [6.07, 6.45) is 2.07. The van der Waals surface area contributed by atoms with Crippen LogP contribution >= 0.6 is 0 Å². The molecule has 2 N–H and O–H groups in total. The number of rotatable bonds is 28. The Balaban J connectivity index is 3.17. The number of hydrazone groups is 1. The summed E-state index contributed by atoms with van der Waals surface area (Å²) in [5, 5.41) is 3.63. The molecule has 0 radical (unpaired) electrons. The van der Waals surface area contributed by atoms with E-state index in [-0.39, 0.29) is 11.8 Å². The fraction of sp³-hybridized carbons (Fsp3) is 0.875. The molecule has 0 atom stereocenters. The SMILES string of the molecule is CC(=O)CCOCCOCCOCCOCCOCCOCCOCCOC/C(C=NC(C)C)=N/N. The summed E-state index contributed by atoms with van der Waals surface area (Å²) >= 11 is 0. The molecule has 0 fully saturated rings. The van der Waals surface area contributed by atoms with Gasteiger partial charge in [-0.05, 0) is 20.8 Å². The van der Waals surface area contributed by atoms with Crippen molar-refractivity contribution in [1.82, 2.24) is 0 Å². The molecule has 212 valence electrons. The van der Waals surface area contributed by atoms with Crippen molar-refractivity contribution in [3.8, 4) is 0 Å². The number of hydrogen-bond acceptors (Lipinski definition) is 12. The third kappa shape index (κ3) is 28.7. The summed E-state index contributed by atoms with van der Waals surface area (Å²) in [4.78, 5) is 15.0. The molecule has 12 heteroatoms. The average Bonchev–Trinajstić information content (AvgIpc) is 2.85. The molecule has 0 heterocycles. The van der Waals surface area contributed by atoms with Crippen LogP contribution in [0.2, 0.25) is 0 Å². The molecule has 0 aliphatic rings. The highest BCUT2D eigenvalue weighted by Crippen LogP contribution is 1.88. The van der Waals surface area contributed by atoms with E-state index in [1.54, 1.807) is 13.1 Å². The zero-order chi connectivity index (χ0) is 26.5. The van der Waals surface area contributed by atoms with Gasteiger partial charge in [-0.25, -0.2) is 0 Å². The number of Topliss-reactive ketones (excluding diaryl/α,β-unsaturated/α-hetero) is 1. The van der Waals surface area contributed by atoms with Crippen LogP contribution in [0.1, 0.15) is 27.2 Å². The molecule has 12 nitrogen and oxygen atoms in total. The van der Waals surface area contributed by atoms with E-state index in [0.717, 1.165) is 0 Å². The standard InChI is InChI=1S/C24H47N3O9/c1-22(2)26-20-24(27-25)21-36-19-18-35-17-16-34-15-14-33-13-12-32-11-10-31-9-8-30-7-6-29-5-4-23(3)28/h20,22H,4-19,21,25H2,1-3H3/b26-20?,27-24+. The quantitative estimate of drug-likeness (QED) is 0.0683. The minimum Gasteiger partial charge on any atom is -0.379 e. The lowest BCUT2D eigenvalue weighted by molar-refractivity contribution is -0.118. The van der Waals surface area contributed by atoms with Gasteiger partial charge in [0, 0.05) is 18.7 Å². The van der Waals surface area contributed by atoms with E-state index in [9.17, 15) is 4.79 Å². The van der Waals surface area contributed by atoms with Gasteiger partial charge in [0.1, 0.15) is 11.5 Å². The summed E-state index contributed by atoms with van der Waals surface area (Å²) in [5.74, 6) is 5.42. The number of nitrogens with zero attached hydrogens (tertiary/aromatic N) is 2. The Morgan fingerprint density at radius 3 is 1.28 bits per heavy atom. The maximum atomic E-state index is 10.7. The second kappa shape index (κ2) is 28.1. The molecule has 0 amide bonds. The molecule has 0 spiro atoms. The molecule has 0 saturated carbocycles. The van der Waals surface area contributed by atoms with Crippen LogP contribution in [0.3, 0.4) is 0 Å². The summed E-state index contributed by atoms with van der Waals surface area (Å²) in [6.45, 7) is 13.1. The largest absolute Gasteiger partial charge is 0.379 e. The van der Waals surface area contributed by atoms with Crippen LogP contribution < -0.4 is 5.84 Å². The first kappa shape index (κ1) is 34.5. The van der Waals surface area contributed by atoms with Crippen molar-refractivity contribution in [3.63, 3.8) is 0 Å². The topological polar surface area (TPSA) is 142 Å². The Kier molecular flexibility index (Phi) is 26.9. The molecule has 0 rings (SSSR count). The van der Waals surface area contributed by atoms with E-state index in [1.165, 1.54) is 0 Å². The lowest BCUT2D eigenvalue weighted by atomic mass is 10.3. The zero-order valence-electron chi connectivity index (χ0n) is 22.3. The van der Waals surface area contributed by atoms with E-state index < -0.39 is 0 Å². The average molecular weight is 522 g/mol. The summed E-state index contributed by atoms with van der Waals surface area (Å²) < 4.78 is 43.2. The maximum Gasteiger partial charge on any atom is 0.132 e. The fourth-order valence-electron chi connectivity index (χ4n) is 2.28. The molecule has 0 bridgehead atoms. The summed E-state index contributed by atoms with van der Waals surface area (Å²) in [5.41, 5.74) is 0.591. The lowest BCUT2D eigenvalue weighted by Crippen LogP contribution is -2.17. The van der Waals surface area contributed by atoms with Crippen LogP contribution in [-0.4, -0.2) is 129 Å². The highest BCUT2D eigenvalue weighted by Gasteiger charge is 1.98. The van der Waals surface area contributed by atoms with Crippen molar-refractivity contribution in [1.29, 1.82) is 0 Å². The van der Waals surface area contributed by atoms with Gasteiger partial charge >= 0.3 is 0 Å². The van der Waals surface area contributed by atoms with Crippen molar-refractivity contribution in [3.05, 3.63) is 0 Å².